The van der Waals surface area contributed by atoms with Gasteiger partial charge in [-0.25, -0.2) is 4.98 Å². The highest BCUT2D eigenvalue weighted by Gasteiger charge is 2.37. The Morgan fingerprint density at radius 3 is 2.76 bits per heavy atom. The maximum Gasteiger partial charge on any atom is 0.312 e. The minimum Gasteiger partial charge on any atom is -0.452 e. The number of carbonyl (C=O) groups is 3. The molecule has 1 N–H and O–H groups in total. The molecule has 1 aliphatic rings. The molecule has 2 heterocycles. The van der Waals surface area contributed by atoms with Gasteiger partial charge in [-0.2, -0.15) is 0 Å². The summed E-state index contributed by atoms with van der Waals surface area (Å²) in [7, 11) is 0. The first-order chi connectivity index (χ1) is 13.9. The number of amides is 2. The number of hydrogen-bond donors (Lipinski definition) is 1. The number of aromatic nitrogens is 1. The second kappa shape index (κ2) is 9.05. The minimum absolute atomic E-state index is 0.0595. The predicted molar refractivity (Wildman–Crippen MR) is 110 cm³/mol. The molecular formula is C21H22ClN3O4. The van der Waals surface area contributed by atoms with E-state index in [1.165, 1.54) is 13.1 Å². The number of halogens is 1. The molecule has 29 heavy (non-hydrogen) atoms. The highest BCUT2D eigenvalue weighted by atomic mass is 35.5. The highest BCUT2D eigenvalue weighted by Crippen LogP contribution is 2.29. The molecular weight excluding hydrogens is 394 g/mol. The molecule has 8 heteroatoms. The molecule has 0 radical (unpaired) electrons. The van der Waals surface area contributed by atoms with E-state index in [1.54, 1.807) is 17.0 Å². The Hall–Kier alpha value is -2.93. The van der Waals surface area contributed by atoms with Crippen molar-refractivity contribution >= 4 is 40.9 Å². The third kappa shape index (κ3) is 4.92. The molecule has 1 saturated heterocycles. The van der Waals surface area contributed by atoms with Crippen LogP contribution in [0.25, 0.3) is 0 Å². The van der Waals surface area contributed by atoms with Crippen LogP contribution in [0.3, 0.4) is 0 Å². The summed E-state index contributed by atoms with van der Waals surface area (Å²) in [5.74, 6) is -1.51. The van der Waals surface area contributed by atoms with Crippen molar-refractivity contribution in [3.05, 3.63) is 53.2 Å². The molecule has 1 aliphatic heterocycles. The number of hydrogen-bond acceptors (Lipinski definition) is 5. The standard InChI is InChI=1S/C21H22ClN3O4/c1-3-14-6-4-5-7-17(14)25-12-15(10-19(25)26)21(28)29-13(2)20(27)24-18-9-8-16(22)11-23-18/h4-9,11,13,15H,3,10,12H2,1-2H3,(H,23,24,27)/t13-,15-/m0/s1. The number of carbonyl (C=O) groups excluding carboxylic acids is 3. The lowest BCUT2D eigenvalue weighted by molar-refractivity contribution is -0.157. The van der Waals surface area contributed by atoms with Gasteiger partial charge in [0.25, 0.3) is 5.91 Å². The maximum atomic E-state index is 12.5. The van der Waals surface area contributed by atoms with Gasteiger partial charge in [0.05, 0.1) is 10.9 Å². The Morgan fingerprint density at radius 1 is 1.31 bits per heavy atom. The van der Waals surface area contributed by atoms with Crippen LogP contribution in [0, 0.1) is 5.92 Å². The van der Waals surface area contributed by atoms with Crippen molar-refractivity contribution in [1.29, 1.82) is 0 Å². The Labute approximate surface area is 174 Å². The Kier molecular flexibility index (Phi) is 6.49. The van der Waals surface area contributed by atoms with Crippen LogP contribution in [0.2, 0.25) is 5.02 Å². The molecule has 7 nitrogen and oxygen atoms in total. The first-order valence-electron chi connectivity index (χ1n) is 9.40. The van der Waals surface area contributed by atoms with Gasteiger partial charge in [-0.1, -0.05) is 36.7 Å². The van der Waals surface area contributed by atoms with Gasteiger partial charge in [-0.05, 0) is 37.1 Å². The van der Waals surface area contributed by atoms with Crippen molar-refractivity contribution in [2.75, 3.05) is 16.8 Å². The fourth-order valence-electron chi connectivity index (χ4n) is 3.17. The largest absolute Gasteiger partial charge is 0.452 e. The van der Waals surface area contributed by atoms with Crippen LogP contribution in [0.5, 0.6) is 0 Å². The fourth-order valence-corrected chi connectivity index (χ4v) is 3.28. The van der Waals surface area contributed by atoms with Crippen molar-refractivity contribution < 1.29 is 19.1 Å². The SMILES string of the molecule is CCc1ccccc1N1C[C@@H](C(=O)O[C@@H](C)C(=O)Nc2ccc(Cl)cn2)CC1=O. The van der Waals surface area contributed by atoms with Gasteiger partial charge in [0, 0.05) is 24.8 Å². The maximum absolute atomic E-state index is 12.5. The van der Waals surface area contributed by atoms with Crippen molar-refractivity contribution in [3.8, 4) is 0 Å². The zero-order valence-corrected chi connectivity index (χ0v) is 17.0. The second-order valence-corrected chi connectivity index (χ2v) is 7.25. The average Bonchev–Trinajstić information content (AvgIpc) is 3.11. The molecule has 0 saturated carbocycles. The smallest absolute Gasteiger partial charge is 0.312 e. The lowest BCUT2D eigenvalue weighted by Gasteiger charge is -2.20. The average molecular weight is 416 g/mol. The molecule has 1 fully saturated rings. The zero-order valence-electron chi connectivity index (χ0n) is 16.2. The second-order valence-electron chi connectivity index (χ2n) is 6.82. The number of rotatable bonds is 6. The molecule has 2 aromatic rings. The van der Waals surface area contributed by atoms with Crippen molar-refractivity contribution in [2.45, 2.75) is 32.8 Å². The molecule has 152 valence electrons. The van der Waals surface area contributed by atoms with Gasteiger partial charge in [-0.15, -0.1) is 0 Å². The van der Waals surface area contributed by atoms with E-state index in [2.05, 4.69) is 10.3 Å². The summed E-state index contributed by atoms with van der Waals surface area (Å²) >= 11 is 5.76. The number of para-hydroxylation sites is 1. The van der Waals surface area contributed by atoms with Crippen LogP contribution in [0.15, 0.2) is 42.6 Å². The van der Waals surface area contributed by atoms with Gasteiger partial charge in [-0.3, -0.25) is 14.4 Å². The van der Waals surface area contributed by atoms with Gasteiger partial charge in [0.2, 0.25) is 5.91 Å². The first-order valence-corrected chi connectivity index (χ1v) is 9.78. The molecule has 0 bridgehead atoms. The monoisotopic (exact) mass is 415 g/mol. The van der Waals surface area contributed by atoms with Crippen LogP contribution in [0.1, 0.15) is 25.8 Å². The summed E-state index contributed by atoms with van der Waals surface area (Å²) in [6.45, 7) is 3.73. The Morgan fingerprint density at radius 2 is 2.07 bits per heavy atom. The lowest BCUT2D eigenvalue weighted by atomic mass is 10.1. The predicted octanol–water partition coefficient (Wildman–Crippen LogP) is 3.22. The Bertz CT molecular complexity index is 916. The van der Waals surface area contributed by atoms with Crippen molar-refractivity contribution in [3.63, 3.8) is 0 Å². The Balaban J connectivity index is 1.60. The third-order valence-corrected chi connectivity index (χ3v) is 4.99. The number of esters is 1. The van der Waals surface area contributed by atoms with Gasteiger partial charge < -0.3 is 15.0 Å². The summed E-state index contributed by atoms with van der Waals surface area (Å²) in [6.07, 6.45) is 1.22. The summed E-state index contributed by atoms with van der Waals surface area (Å²) in [6, 6.07) is 10.8. The van der Waals surface area contributed by atoms with E-state index < -0.39 is 23.9 Å². The van der Waals surface area contributed by atoms with Crippen molar-refractivity contribution in [2.24, 2.45) is 5.92 Å². The molecule has 1 aromatic heterocycles. The molecule has 2 amide bonds. The first kappa shape index (κ1) is 20.8. The zero-order chi connectivity index (χ0) is 21.0. The molecule has 0 aliphatic carbocycles. The van der Waals surface area contributed by atoms with Crippen LogP contribution in [0.4, 0.5) is 11.5 Å². The fraction of sp³-hybridized carbons (Fsp3) is 0.333. The number of benzene rings is 1. The van der Waals surface area contributed by atoms with Gasteiger partial charge in [0.15, 0.2) is 6.10 Å². The normalized spacial score (nSPS) is 17.1. The number of nitrogens with one attached hydrogen (secondary N) is 1. The summed E-state index contributed by atoms with van der Waals surface area (Å²) < 4.78 is 5.30. The van der Waals surface area contributed by atoms with E-state index in [9.17, 15) is 14.4 Å². The van der Waals surface area contributed by atoms with Crippen LogP contribution in [-0.4, -0.2) is 35.4 Å². The van der Waals surface area contributed by atoms with Crippen LogP contribution in [-0.2, 0) is 25.5 Å². The van der Waals surface area contributed by atoms with E-state index in [-0.39, 0.29) is 18.9 Å². The highest BCUT2D eigenvalue weighted by molar-refractivity contribution is 6.30. The van der Waals surface area contributed by atoms with Crippen LogP contribution < -0.4 is 10.2 Å². The molecule has 0 spiro atoms. The van der Waals surface area contributed by atoms with Crippen molar-refractivity contribution in [1.82, 2.24) is 4.98 Å². The quantitative estimate of drug-likeness (QED) is 0.732. The lowest BCUT2D eigenvalue weighted by Crippen LogP contribution is -2.33. The number of ether oxygens (including phenoxy) is 1. The third-order valence-electron chi connectivity index (χ3n) is 4.76. The summed E-state index contributed by atoms with van der Waals surface area (Å²) in [4.78, 5) is 42.8. The molecule has 1 aromatic carbocycles. The molecule has 0 unspecified atom stereocenters. The molecule has 3 rings (SSSR count). The van der Waals surface area contributed by atoms with E-state index >= 15 is 0 Å². The number of nitrogens with zero attached hydrogens (tertiary/aromatic N) is 2. The van der Waals surface area contributed by atoms with Gasteiger partial charge in [0.1, 0.15) is 5.82 Å². The minimum atomic E-state index is -1.02. The summed E-state index contributed by atoms with van der Waals surface area (Å²) in [5, 5.41) is 3.01. The van der Waals surface area contributed by atoms with E-state index in [1.807, 2.05) is 31.2 Å². The number of anilines is 2. The number of aryl methyl sites for hydroxylation is 1. The topological polar surface area (TPSA) is 88.6 Å². The molecule has 2 atom stereocenters. The van der Waals surface area contributed by atoms with Crippen LogP contribution >= 0.6 is 11.6 Å². The van der Waals surface area contributed by atoms with E-state index in [0.29, 0.717) is 10.8 Å². The summed E-state index contributed by atoms with van der Waals surface area (Å²) in [5.41, 5.74) is 1.85. The number of pyridine rings is 1. The van der Waals surface area contributed by atoms with E-state index in [0.717, 1.165) is 17.7 Å². The van der Waals surface area contributed by atoms with Gasteiger partial charge >= 0.3 is 5.97 Å². The van der Waals surface area contributed by atoms with E-state index in [4.69, 9.17) is 16.3 Å².